The molecule has 1 aromatic carbocycles. The molecule has 0 amide bonds. The third kappa shape index (κ3) is 3.15. The summed E-state index contributed by atoms with van der Waals surface area (Å²) in [7, 11) is 0. The predicted octanol–water partition coefficient (Wildman–Crippen LogP) is 2.71. The molecule has 19 heavy (non-hydrogen) atoms. The first-order valence-electron chi connectivity index (χ1n) is 6.50. The van der Waals surface area contributed by atoms with Crippen molar-refractivity contribution < 1.29 is 9.84 Å². The van der Waals surface area contributed by atoms with E-state index in [1.807, 2.05) is 31.2 Å². The van der Waals surface area contributed by atoms with E-state index in [1.165, 1.54) is 0 Å². The van der Waals surface area contributed by atoms with Gasteiger partial charge in [-0.3, -0.25) is 0 Å². The first-order valence-corrected chi connectivity index (χ1v) is 6.50. The number of aryl methyl sites for hydroxylation is 1. The summed E-state index contributed by atoms with van der Waals surface area (Å²) in [5.74, 6) is 1.12. The van der Waals surface area contributed by atoms with Gasteiger partial charge in [-0.05, 0) is 24.5 Å². The third-order valence-corrected chi connectivity index (χ3v) is 2.80. The number of hydrogen-bond donors (Lipinski definition) is 1. The highest BCUT2D eigenvalue weighted by Crippen LogP contribution is 2.22. The highest BCUT2D eigenvalue weighted by molar-refractivity contribution is 5.42. The van der Waals surface area contributed by atoms with Crippen molar-refractivity contribution in [1.29, 1.82) is 0 Å². The number of para-hydroxylation sites is 1. The van der Waals surface area contributed by atoms with Crippen LogP contribution in [-0.2, 0) is 6.61 Å². The molecule has 4 nitrogen and oxygen atoms in total. The van der Waals surface area contributed by atoms with E-state index in [9.17, 15) is 5.11 Å². The minimum atomic E-state index is -0.0864. The van der Waals surface area contributed by atoms with Crippen LogP contribution in [0.3, 0.4) is 0 Å². The maximum absolute atomic E-state index is 9.24. The van der Waals surface area contributed by atoms with Gasteiger partial charge < -0.3 is 9.84 Å². The number of aliphatic hydroxyl groups excluding tert-OH is 1. The lowest BCUT2D eigenvalue weighted by Crippen LogP contribution is -2.09. The molecule has 0 aliphatic carbocycles. The molecule has 0 radical (unpaired) electrons. The third-order valence-electron chi connectivity index (χ3n) is 2.80. The lowest BCUT2D eigenvalue weighted by molar-refractivity contribution is 0.254. The number of rotatable bonds is 5. The molecule has 0 bridgehead atoms. The van der Waals surface area contributed by atoms with Crippen LogP contribution in [0.2, 0.25) is 0 Å². The summed E-state index contributed by atoms with van der Waals surface area (Å²) in [4.78, 5) is 0. The molecule has 0 unspecified atom stereocenters. The minimum Gasteiger partial charge on any atom is -0.477 e. The summed E-state index contributed by atoms with van der Waals surface area (Å²) >= 11 is 0. The number of benzene rings is 1. The zero-order chi connectivity index (χ0) is 13.8. The molecular formula is C15H20N2O2. The Morgan fingerprint density at radius 3 is 2.68 bits per heavy atom. The Labute approximate surface area is 113 Å². The molecule has 0 saturated carbocycles. The van der Waals surface area contributed by atoms with Crippen molar-refractivity contribution in [2.45, 2.75) is 27.4 Å². The predicted molar refractivity (Wildman–Crippen MR) is 74.6 cm³/mol. The molecule has 102 valence electrons. The molecule has 0 saturated heterocycles. The monoisotopic (exact) mass is 260 g/mol. The Hall–Kier alpha value is -1.81. The molecule has 4 heteroatoms. The summed E-state index contributed by atoms with van der Waals surface area (Å²) in [6.07, 6.45) is 0. The smallest absolute Gasteiger partial charge is 0.216 e. The van der Waals surface area contributed by atoms with Gasteiger partial charge in [0.2, 0.25) is 5.88 Å². The lowest BCUT2D eigenvalue weighted by atomic mass is 10.2. The van der Waals surface area contributed by atoms with Crippen molar-refractivity contribution in [3.05, 3.63) is 41.6 Å². The number of hydrogen-bond acceptors (Lipinski definition) is 3. The Kier molecular flexibility index (Phi) is 4.22. The van der Waals surface area contributed by atoms with Crippen molar-refractivity contribution >= 4 is 0 Å². The van der Waals surface area contributed by atoms with Crippen molar-refractivity contribution in [2.75, 3.05) is 6.61 Å². The van der Waals surface area contributed by atoms with E-state index >= 15 is 0 Å². The van der Waals surface area contributed by atoms with Crippen LogP contribution in [0, 0.1) is 12.8 Å². The number of aromatic nitrogens is 2. The zero-order valence-electron chi connectivity index (χ0n) is 11.6. The summed E-state index contributed by atoms with van der Waals surface area (Å²) in [5.41, 5.74) is 2.70. The fraction of sp³-hybridized carbons (Fsp3) is 0.400. The second kappa shape index (κ2) is 5.89. The average Bonchev–Trinajstić information content (AvgIpc) is 2.80. The van der Waals surface area contributed by atoms with Crippen LogP contribution in [-0.4, -0.2) is 21.5 Å². The normalized spacial score (nSPS) is 11.0. The van der Waals surface area contributed by atoms with Gasteiger partial charge in [-0.1, -0.05) is 32.0 Å². The molecule has 0 spiro atoms. The second-order valence-corrected chi connectivity index (χ2v) is 5.04. The van der Waals surface area contributed by atoms with E-state index in [0.29, 0.717) is 24.1 Å². The van der Waals surface area contributed by atoms with Gasteiger partial charge in [-0.15, -0.1) is 0 Å². The maximum Gasteiger partial charge on any atom is 0.216 e. The van der Waals surface area contributed by atoms with Crippen molar-refractivity contribution in [1.82, 2.24) is 9.78 Å². The summed E-state index contributed by atoms with van der Waals surface area (Å²) in [5, 5.41) is 13.6. The van der Waals surface area contributed by atoms with Gasteiger partial charge >= 0.3 is 0 Å². The SMILES string of the molecule is Cc1ccccc1-n1nc(CO)cc1OCC(C)C. The summed E-state index contributed by atoms with van der Waals surface area (Å²) in [6.45, 7) is 6.77. The van der Waals surface area contributed by atoms with Gasteiger partial charge in [0, 0.05) is 6.07 Å². The lowest BCUT2D eigenvalue weighted by Gasteiger charge is -2.12. The number of ether oxygens (including phenoxy) is 1. The van der Waals surface area contributed by atoms with E-state index in [2.05, 4.69) is 18.9 Å². The number of aliphatic hydroxyl groups is 1. The van der Waals surface area contributed by atoms with Gasteiger partial charge in [0.1, 0.15) is 0 Å². The van der Waals surface area contributed by atoms with Gasteiger partial charge in [0.25, 0.3) is 0 Å². The minimum absolute atomic E-state index is 0.0864. The Morgan fingerprint density at radius 1 is 1.32 bits per heavy atom. The van der Waals surface area contributed by atoms with Crippen LogP contribution in [0.15, 0.2) is 30.3 Å². The second-order valence-electron chi connectivity index (χ2n) is 5.04. The maximum atomic E-state index is 9.24. The van der Waals surface area contributed by atoms with E-state index in [1.54, 1.807) is 10.7 Å². The largest absolute Gasteiger partial charge is 0.477 e. The highest BCUT2D eigenvalue weighted by Gasteiger charge is 2.12. The fourth-order valence-corrected chi connectivity index (χ4v) is 1.82. The first kappa shape index (κ1) is 13.6. The van der Waals surface area contributed by atoms with E-state index < -0.39 is 0 Å². The molecule has 0 atom stereocenters. The molecule has 1 aromatic heterocycles. The Balaban J connectivity index is 2.38. The summed E-state index contributed by atoms with van der Waals surface area (Å²) in [6, 6.07) is 9.77. The van der Waals surface area contributed by atoms with Crippen LogP contribution in [0.4, 0.5) is 0 Å². The molecule has 1 N–H and O–H groups in total. The van der Waals surface area contributed by atoms with E-state index in [-0.39, 0.29) is 6.61 Å². The molecule has 2 rings (SSSR count). The van der Waals surface area contributed by atoms with Crippen molar-refractivity contribution in [3.63, 3.8) is 0 Å². The standard InChI is InChI=1S/C15H20N2O2/c1-11(2)10-19-15-8-13(9-18)16-17(15)14-7-5-4-6-12(14)3/h4-8,11,18H,9-10H2,1-3H3. The van der Waals surface area contributed by atoms with Crippen molar-refractivity contribution in [2.24, 2.45) is 5.92 Å². The highest BCUT2D eigenvalue weighted by atomic mass is 16.5. The van der Waals surface area contributed by atoms with Crippen LogP contribution in [0.5, 0.6) is 5.88 Å². The first-order chi connectivity index (χ1) is 9.11. The van der Waals surface area contributed by atoms with E-state index in [4.69, 9.17) is 4.74 Å². The molecular weight excluding hydrogens is 240 g/mol. The fourth-order valence-electron chi connectivity index (χ4n) is 1.82. The van der Waals surface area contributed by atoms with Gasteiger partial charge in [-0.2, -0.15) is 5.10 Å². The Morgan fingerprint density at radius 2 is 2.05 bits per heavy atom. The molecule has 0 fully saturated rings. The topological polar surface area (TPSA) is 47.3 Å². The van der Waals surface area contributed by atoms with Crippen LogP contribution in [0.25, 0.3) is 5.69 Å². The molecule has 0 aliphatic rings. The van der Waals surface area contributed by atoms with E-state index in [0.717, 1.165) is 11.3 Å². The van der Waals surface area contributed by atoms with Gasteiger partial charge in [0.05, 0.1) is 24.6 Å². The molecule has 0 aliphatic heterocycles. The van der Waals surface area contributed by atoms with Crippen molar-refractivity contribution in [3.8, 4) is 11.6 Å². The van der Waals surface area contributed by atoms with Crippen LogP contribution in [0.1, 0.15) is 25.1 Å². The number of nitrogens with zero attached hydrogens (tertiary/aromatic N) is 2. The molecule has 1 heterocycles. The van der Waals surface area contributed by atoms with Crippen LogP contribution < -0.4 is 4.74 Å². The quantitative estimate of drug-likeness (QED) is 0.899. The molecule has 2 aromatic rings. The van der Waals surface area contributed by atoms with Gasteiger partial charge in [0.15, 0.2) is 0 Å². The average molecular weight is 260 g/mol. The zero-order valence-corrected chi connectivity index (χ0v) is 11.6. The van der Waals surface area contributed by atoms with Crippen LogP contribution >= 0.6 is 0 Å². The Bertz CT molecular complexity index is 547. The van der Waals surface area contributed by atoms with Gasteiger partial charge in [-0.25, -0.2) is 4.68 Å². The summed E-state index contributed by atoms with van der Waals surface area (Å²) < 4.78 is 7.53.